The predicted molar refractivity (Wildman–Crippen MR) is 53.6 cm³/mol. The molecule has 12 heavy (non-hydrogen) atoms. The number of hydrogen-bond donors (Lipinski definition) is 1. The number of rotatable bonds is 1. The molecule has 1 heteroatoms. The lowest BCUT2D eigenvalue weighted by atomic mass is 10.1. The van der Waals surface area contributed by atoms with Crippen LogP contribution in [0, 0.1) is 6.92 Å². The molecular formula is C11H18O. The van der Waals surface area contributed by atoms with Crippen molar-refractivity contribution < 1.29 is 5.11 Å². The summed E-state index contributed by atoms with van der Waals surface area (Å²) in [6.07, 6.45) is 0.896. The first kappa shape index (κ1) is 11.0. The van der Waals surface area contributed by atoms with Crippen molar-refractivity contribution in [2.75, 3.05) is 0 Å². The van der Waals surface area contributed by atoms with Gasteiger partial charge >= 0.3 is 0 Å². The van der Waals surface area contributed by atoms with E-state index in [0.717, 1.165) is 12.0 Å². The first-order chi connectivity index (χ1) is 5.74. The van der Waals surface area contributed by atoms with E-state index in [2.05, 4.69) is 0 Å². The molecule has 68 valence electrons. The zero-order valence-electron chi connectivity index (χ0n) is 8.39. The molecule has 0 aliphatic carbocycles. The normalized spacial score (nSPS) is 8.67. The van der Waals surface area contributed by atoms with Crippen LogP contribution in [0.5, 0.6) is 5.75 Å². The Bertz CT molecular complexity index is 228. The first-order valence-corrected chi connectivity index (χ1v) is 4.52. The smallest absolute Gasteiger partial charge is 0.118 e. The topological polar surface area (TPSA) is 20.2 Å². The van der Waals surface area contributed by atoms with Gasteiger partial charge in [0.15, 0.2) is 0 Å². The van der Waals surface area contributed by atoms with Gasteiger partial charge in [0.25, 0.3) is 0 Å². The highest BCUT2D eigenvalue weighted by Gasteiger charge is 1.96. The van der Waals surface area contributed by atoms with E-state index >= 15 is 0 Å². The fourth-order valence-electron chi connectivity index (χ4n) is 0.997. The van der Waals surface area contributed by atoms with E-state index in [1.165, 1.54) is 5.56 Å². The highest BCUT2D eigenvalue weighted by atomic mass is 16.3. The van der Waals surface area contributed by atoms with Crippen LogP contribution in [0.3, 0.4) is 0 Å². The Morgan fingerprint density at radius 2 is 1.83 bits per heavy atom. The molecule has 0 heterocycles. The summed E-state index contributed by atoms with van der Waals surface area (Å²) in [5.74, 6) is 0.410. The summed E-state index contributed by atoms with van der Waals surface area (Å²) >= 11 is 0. The average molecular weight is 166 g/mol. The molecule has 1 aromatic carbocycles. The van der Waals surface area contributed by atoms with Gasteiger partial charge in [-0.2, -0.15) is 0 Å². The fraction of sp³-hybridized carbons (Fsp3) is 0.455. The molecule has 0 aromatic heterocycles. The Balaban J connectivity index is 0.000000561. The van der Waals surface area contributed by atoms with Gasteiger partial charge < -0.3 is 5.11 Å². The second-order valence-corrected chi connectivity index (χ2v) is 2.49. The average Bonchev–Trinajstić information content (AvgIpc) is 2.13. The van der Waals surface area contributed by atoms with E-state index in [1.807, 2.05) is 39.8 Å². The number of aromatic hydroxyl groups is 1. The third kappa shape index (κ3) is 2.95. The molecule has 0 saturated heterocycles. The summed E-state index contributed by atoms with van der Waals surface area (Å²) in [6.45, 7) is 8.06. The fourth-order valence-corrected chi connectivity index (χ4v) is 0.997. The van der Waals surface area contributed by atoms with Crippen molar-refractivity contribution in [3.8, 4) is 5.75 Å². The lowest BCUT2D eigenvalue weighted by Gasteiger charge is -2.00. The van der Waals surface area contributed by atoms with Crippen LogP contribution in [-0.4, -0.2) is 5.11 Å². The van der Waals surface area contributed by atoms with Crippen LogP contribution < -0.4 is 0 Å². The van der Waals surface area contributed by atoms with E-state index in [9.17, 15) is 5.11 Å². The Labute approximate surface area is 75.1 Å². The van der Waals surface area contributed by atoms with Crippen molar-refractivity contribution in [1.82, 2.24) is 0 Å². The van der Waals surface area contributed by atoms with Crippen molar-refractivity contribution in [1.29, 1.82) is 0 Å². The third-order valence-corrected chi connectivity index (χ3v) is 1.62. The molecular weight excluding hydrogens is 148 g/mol. The minimum atomic E-state index is 0.410. The molecule has 0 atom stereocenters. The summed E-state index contributed by atoms with van der Waals surface area (Å²) < 4.78 is 0. The Hall–Kier alpha value is -0.980. The van der Waals surface area contributed by atoms with Crippen LogP contribution >= 0.6 is 0 Å². The molecule has 0 fully saturated rings. The molecule has 0 spiro atoms. The van der Waals surface area contributed by atoms with Crippen LogP contribution in [0.4, 0.5) is 0 Å². The number of aryl methyl sites for hydroxylation is 2. The Morgan fingerprint density at radius 1 is 1.25 bits per heavy atom. The summed E-state index contributed by atoms with van der Waals surface area (Å²) in [4.78, 5) is 0. The van der Waals surface area contributed by atoms with Gasteiger partial charge in [-0.3, -0.25) is 0 Å². The van der Waals surface area contributed by atoms with E-state index in [-0.39, 0.29) is 0 Å². The summed E-state index contributed by atoms with van der Waals surface area (Å²) in [6, 6.07) is 5.66. The molecule has 1 aromatic rings. The summed E-state index contributed by atoms with van der Waals surface area (Å²) in [5.41, 5.74) is 2.23. The van der Waals surface area contributed by atoms with Crippen LogP contribution in [0.1, 0.15) is 31.9 Å². The maximum absolute atomic E-state index is 9.23. The van der Waals surface area contributed by atoms with Crippen molar-refractivity contribution in [3.05, 3.63) is 29.3 Å². The SMILES string of the molecule is CC.CCc1cc(C)ccc1O. The van der Waals surface area contributed by atoms with E-state index in [1.54, 1.807) is 6.07 Å². The summed E-state index contributed by atoms with van der Waals surface area (Å²) in [5, 5.41) is 9.23. The second-order valence-electron chi connectivity index (χ2n) is 2.49. The molecule has 1 N–H and O–H groups in total. The standard InChI is InChI=1S/C9H12O.C2H6/c1-3-8-6-7(2)4-5-9(8)10;1-2/h4-6,10H,3H2,1-2H3;1-2H3. The van der Waals surface area contributed by atoms with Crippen molar-refractivity contribution in [3.63, 3.8) is 0 Å². The van der Waals surface area contributed by atoms with Crippen molar-refractivity contribution >= 4 is 0 Å². The Morgan fingerprint density at radius 3 is 2.25 bits per heavy atom. The molecule has 0 aliphatic heterocycles. The van der Waals surface area contributed by atoms with Gasteiger partial charge in [0.2, 0.25) is 0 Å². The van der Waals surface area contributed by atoms with Gasteiger partial charge in [-0.05, 0) is 25.0 Å². The molecule has 0 saturated carbocycles. The predicted octanol–water partition coefficient (Wildman–Crippen LogP) is 3.29. The lowest BCUT2D eigenvalue weighted by molar-refractivity contribution is 0.468. The largest absolute Gasteiger partial charge is 0.508 e. The number of phenols is 1. The van der Waals surface area contributed by atoms with Crippen LogP contribution in [0.2, 0.25) is 0 Å². The van der Waals surface area contributed by atoms with Crippen LogP contribution in [0.15, 0.2) is 18.2 Å². The van der Waals surface area contributed by atoms with Gasteiger partial charge in [-0.15, -0.1) is 0 Å². The maximum Gasteiger partial charge on any atom is 0.118 e. The van der Waals surface area contributed by atoms with Gasteiger partial charge in [-0.25, -0.2) is 0 Å². The van der Waals surface area contributed by atoms with Crippen LogP contribution in [-0.2, 0) is 6.42 Å². The summed E-state index contributed by atoms with van der Waals surface area (Å²) in [7, 11) is 0. The quantitative estimate of drug-likeness (QED) is 0.678. The van der Waals surface area contributed by atoms with E-state index < -0.39 is 0 Å². The highest BCUT2D eigenvalue weighted by molar-refractivity contribution is 5.35. The van der Waals surface area contributed by atoms with Gasteiger partial charge in [0.1, 0.15) is 5.75 Å². The molecule has 0 unspecified atom stereocenters. The van der Waals surface area contributed by atoms with Gasteiger partial charge in [0.05, 0.1) is 0 Å². The van der Waals surface area contributed by atoms with Gasteiger partial charge in [0, 0.05) is 0 Å². The molecule has 1 nitrogen and oxygen atoms in total. The molecule has 0 aliphatic rings. The monoisotopic (exact) mass is 166 g/mol. The van der Waals surface area contributed by atoms with Gasteiger partial charge in [-0.1, -0.05) is 38.5 Å². The zero-order chi connectivity index (χ0) is 9.56. The molecule has 0 bridgehead atoms. The van der Waals surface area contributed by atoms with E-state index in [0.29, 0.717) is 5.75 Å². The number of benzene rings is 1. The van der Waals surface area contributed by atoms with Crippen molar-refractivity contribution in [2.45, 2.75) is 34.1 Å². The lowest BCUT2D eigenvalue weighted by Crippen LogP contribution is -1.81. The minimum absolute atomic E-state index is 0.410. The molecule has 0 radical (unpaired) electrons. The first-order valence-electron chi connectivity index (χ1n) is 4.52. The maximum atomic E-state index is 9.23. The zero-order valence-corrected chi connectivity index (χ0v) is 8.39. The van der Waals surface area contributed by atoms with Crippen LogP contribution in [0.25, 0.3) is 0 Å². The molecule has 1 rings (SSSR count). The third-order valence-electron chi connectivity index (χ3n) is 1.62. The number of phenolic OH excluding ortho intramolecular Hbond substituents is 1. The minimum Gasteiger partial charge on any atom is -0.508 e. The highest BCUT2D eigenvalue weighted by Crippen LogP contribution is 2.17. The number of hydrogen-bond acceptors (Lipinski definition) is 1. The van der Waals surface area contributed by atoms with Crippen molar-refractivity contribution in [2.24, 2.45) is 0 Å². The Kier molecular flexibility index (Phi) is 5.18. The van der Waals surface area contributed by atoms with E-state index in [4.69, 9.17) is 0 Å². The second kappa shape index (κ2) is 5.64. The molecule has 0 amide bonds.